The average molecular weight is 270 g/mol. The van der Waals surface area contributed by atoms with Crippen molar-refractivity contribution in [1.29, 1.82) is 0 Å². The van der Waals surface area contributed by atoms with Crippen molar-refractivity contribution in [3.63, 3.8) is 0 Å². The maximum atomic E-state index is 11.9. The van der Waals surface area contributed by atoms with Crippen molar-refractivity contribution in [2.45, 2.75) is 33.3 Å². The van der Waals surface area contributed by atoms with Crippen LogP contribution in [0.5, 0.6) is 0 Å². The van der Waals surface area contributed by atoms with Crippen LogP contribution in [-0.4, -0.2) is 23.7 Å². The van der Waals surface area contributed by atoms with Gasteiger partial charge in [0.1, 0.15) is 0 Å². The molecule has 0 aliphatic heterocycles. The van der Waals surface area contributed by atoms with Gasteiger partial charge in [-0.1, -0.05) is 31.5 Å². The molecule has 1 aromatic carbocycles. The predicted molar refractivity (Wildman–Crippen MR) is 74.0 cm³/mol. The Morgan fingerprint density at radius 1 is 1.44 bits per heavy atom. The van der Waals surface area contributed by atoms with Gasteiger partial charge >= 0.3 is 0 Å². The lowest BCUT2D eigenvalue weighted by molar-refractivity contribution is 0.0900. The largest absolute Gasteiger partial charge is 0.391 e. The van der Waals surface area contributed by atoms with Crippen LogP contribution in [0.1, 0.15) is 36.2 Å². The van der Waals surface area contributed by atoms with Gasteiger partial charge < -0.3 is 10.4 Å². The number of carbonyl (C=O) groups excluding carboxylic acids is 1. The third-order valence-corrected chi connectivity index (χ3v) is 2.92. The molecule has 0 aliphatic rings. The van der Waals surface area contributed by atoms with E-state index in [1.54, 1.807) is 12.1 Å². The summed E-state index contributed by atoms with van der Waals surface area (Å²) in [6.45, 7) is 6.23. The van der Waals surface area contributed by atoms with Crippen molar-refractivity contribution in [3.8, 4) is 0 Å². The molecule has 0 radical (unpaired) electrons. The predicted octanol–water partition coefficient (Wildman–Crippen LogP) is 2.79. The first-order valence-corrected chi connectivity index (χ1v) is 6.50. The Hall–Kier alpha value is -1.06. The maximum Gasteiger partial charge on any atom is 0.252 e. The number of nitrogens with one attached hydrogen (secondary N) is 1. The molecule has 1 atom stereocenters. The van der Waals surface area contributed by atoms with Gasteiger partial charge in [-0.15, -0.1) is 0 Å². The molecule has 0 bridgehead atoms. The van der Waals surface area contributed by atoms with Crippen LogP contribution in [0.3, 0.4) is 0 Å². The molecule has 4 heteroatoms. The van der Waals surface area contributed by atoms with Crippen molar-refractivity contribution >= 4 is 17.5 Å². The second kappa shape index (κ2) is 6.76. The Labute approximate surface area is 113 Å². The molecule has 0 saturated carbocycles. The number of aliphatic hydroxyl groups is 1. The molecule has 1 amide bonds. The van der Waals surface area contributed by atoms with Crippen molar-refractivity contribution < 1.29 is 9.90 Å². The number of hydrogen-bond donors (Lipinski definition) is 2. The summed E-state index contributed by atoms with van der Waals surface area (Å²) in [7, 11) is 0. The standard InChI is InChI=1S/C14H20ClNO2/c1-9(2)6-11(17)8-16-14(18)12-5-4-10(3)7-13(12)15/h4-5,7,9,11,17H,6,8H2,1-3H3,(H,16,18). The number of hydrogen-bond acceptors (Lipinski definition) is 2. The molecular weight excluding hydrogens is 250 g/mol. The number of amides is 1. The molecule has 2 N–H and O–H groups in total. The fourth-order valence-electron chi connectivity index (χ4n) is 1.74. The fourth-order valence-corrected chi connectivity index (χ4v) is 2.06. The van der Waals surface area contributed by atoms with Gasteiger partial charge in [0.25, 0.3) is 5.91 Å². The first-order chi connectivity index (χ1) is 8.40. The monoisotopic (exact) mass is 269 g/mol. The maximum absolute atomic E-state index is 11.9. The summed E-state index contributed by atoms with van der Waals surface area (Å²) in [5.74, 6) is 0.155. The van der Waals surface area contributed by atoms with Crippen LogP contribution in [-0.2, 0) is 0 Å². The molecular formula is C14H20ClNO2. The van der Waals surface area contributed by atoms with Crippen LogP contribution in [0.4, 0.5) is 0 Å². The first kappa shape index (κ1) is 15.0. The molecule has 3 nitrogen and oxygen atoms in total. The second-order valence-electron chi connectivity index (χ2n) is 4.98. The highest BCUT2D eigenvalue weighted by Gasteiger charge is 2.12. The SMILES string of the molecule is Cc1ccc(C(=O)NCC(O)CC(C)C)c(Cl)c1. The van der Waals surface area contributed by atoms with E-state index in [1.807, 2.05) is 26.8 Å². The minimum Gasteiger partial charge on any atom is -0.391 e. The van der Waals surface area contributed by atoms with Gasteiger partial charge in [-0.2, -0.15) is 0 Å². The molecule has 0 heterocycles. The van der Waals surface area contributed by atoms with E-state index in [-0.39, 0.29) is 12.5 Å². The van der Waals surface area contributed by atoms with Gasteiger partial charge in [-0.25, -0.2) is 0 Å². The van der Waals surface area contributed by atoms with Crippen molar-refractivity contribution in [1.82, 2.24) is 5.32 Å². The second-order valence-corrected chi connectivity index (χ2v) is 5.38. The van der Waals surface area contributed by atoms with E-state index in [0.717, 1.165) is 5.56 Å². The molecule has 1 aromatic rings. The zero-order valence-electron chi connectivity index (χ0n) is 11.0. The van der Waals surface area contributed by atoms with Crippen LogP contribution in [0.15, 0.2) is 18.2 Å². The van der Waals surface area contributed by atoms with Gasteiger partial charge in [-0.05, 0) is 37.0 Å². The quantitative estimate of drug-likeness (QED) is 0.864. The van der Waals surface area contributed by atoms with Gasteiger partial charge in [-0.3, -0.25) is 4.79 Å². The highest BCUT2D eigenvalue weighted by Crippen LogP contribution is 2.17. The van der Waals surface area contributed by atoms with Gasteiger partial charge in [0, 0.05) is 6.54 Å². The molecule has 0 saturated heterocycles. The average Bonchev–Trinajstić information content (AvgIpc) is 2.25. The summed E-state index contributed by atoms with van der Waals surface area (Å²) >= 11 is 6.00. The number of halogens is 1. The molecule has 1 unspecified atom stereocenters. The molecule has 0 aliphatic carbocycles. The van der Waals surface area contributed by atoms with Crippen LogP contribution >= 0.6 is 11.6 Å². The lowest BCUT2D eigenvalue weighted by Gasteiger charge is -2.14. The Kier molecular flexibility index (Phi) is 5.63. The lowest BCUT2D eigenvalue weighted by Crippen LogP contribution is -2.32. The Bertz CT molecular complexity index is 418. The van der Waals surface area contributed by atoms with Crippen LogP contribution in [0.2, 0.25) is 5.02 Å². The van der Waals surface area contributed by atoms with E-state index in [2.05, 4.69) is 5.32 Å². The Morgan fingerprint density at radius 2 is 2.11 bits per heavy atom. The zero-order valence-corrected chi connectivity index (χ0v) is 11.8. The summed E-state index contributed by atoms with van der Waals surface area (Å²) in [4.78, 5) is 11.9. The highest BCUT2D eigenvalue weighted by molar-refractivity contribution is 6.33. The van der Waals surface area contributed by atoms with E-state index in [4.69, 9.17) is 11.6 Å². The summed E-state index contributed by atoms with van der Waals surface area (Å²) in [6, 6.07) is 5.29. The molecule has 0 fully saturated rings. The van der Waals surface area contributed by atoms with Crippen LogP contribution in [0.25, 0.3) is 0 Å². The van der Waals surface area contributed by atoms with Crippen molar-refractivity contribution in [2.75, 3.05) is 6.54 Å². The van der Waals surface area contributed by atoms with Crippen LogP contribution < -0.4 is 5.32 Å². The van der Waals surface area contributed by atoms with Gasteiger partial charge in [0.2, 0.25) is 0 Å². The molecule has 100 valence electrons. The normalized spacial score (nSPS) is 12.6. The summed E-state index contributed by atoms with van der Waals surface area (Å²) < 4.78 is 0. The summed E-state index contributed by atoms with van der Waals surface area (Å²) in [5.41, 5.74) is 1.45. The van der Waals surface area contributed by atoms with Crippen molar-refractivity contribution in [3.05, 3.63) is 34.3 Å². The number of carbonyl (C=O) groups is 1. The number of aryl methyl sites for hydroxylation is 1. The van der Waals surface area contributed by atoms with E-state index >= 15 is 0 Å². The van der Waals surface area contributed by atoms with Gasteiger partial charge in [0.05, 0.1) is 16.7 Å². The first-order valence-electron chi connectivity index (χ1n) is 6.12. The Morgan fingerprint density at radius 3 is 2.67 bits per heavy atom. The number of benzene rings is 1. The smallest absolute Gasteiger partial charge is 0.252 e. The zero-order chi connectivity index (χ0) is 13.7. The molecule has 1 rings (SSSR count). The van der Waals surface area contributed by atoms with E-state index < -0.39 is 6.10 Å². The minimum absolute atomic E-state index is 0.247. The van der Waals surface area contributed by atoms with Crippen LogP contribution in [0, 0.1) is 12.8 Å². The molecule has 0 spiro atoms. The highest BCUT2D eigenvalue weighted by atomic mass is 35.5. The van der Waals surface area contributed by atoms with E-state index in [9.17, 15) is 9.90 Å². The third kappa shape index (κ3) is 4.67. The molecule has 18 heavy (non-hydrogen) atoms. The Balaban J connectivity index is 2.55. The number of aliphatic hydroxyl groups excluding tert-OH is 1. The van der Waals surface area contributed by atoms with Gasteiger partial charge in [0.15, 0.2) is 0 Å². The fraction of sp³-hybridized carbons (Fsp3) is 0.500. The third-order valence-electron chi connectivity index (χ3n) is 2.61. The minimum atomic E-state index is -0.516. The lowest BCUT2D eigenvalue weighted by atomic mass is 10.1. The van der Waals surface area contributed by atoms with E-state index in [1.165, 1.54) is 0 Å². The topological polar surface area (TPSA) is 49.3 Å². The van der Waals surface area contributed by atoms with Crippen molar-refractivity contribution in [2.24, 2.45) is 5.92 Å². The number of rotatable bonds is 5. The summed E-state index contributed by atoms with van der Waals surface area (Å²) in [5, 5.41) is 12.8. The summed E-state index contributed by atoms with van der Waals surface area (Å²) in [6.07, 6.45) is 0.153. The molecule has 0 aromatic heterocycles. The van der Waals surface area contributed by atoms with E-state index in [0.29, 0.717) is 22.9 Å².